The van der Waals surface area contributed by atoms with Crippen LogP contribution in [-0.2, 0) is 0 Å². The van der Waals surface area contributed by atoms with Gasteiger partial charge in [0.25, 0.3) is 0 Å². The molecular weight excluding hydrogens is 430 g/mol. The zero-order valence-corrected chi connectivity index (χ0v) is 19.0. The zero-order chi connectivity index (χ0) is 23.6. The van der Waals surface area contributed by atoms with E-state index in [1.807, 2.05) is 114 Å². The van der Waals surface area contributed by atoms with E-state index in [1.54, 1.807) is 0 Å². The Morgan fingerprint density at radius 3 is 2.06 bits per heavy atom. The Hall–Kier alpha value is -4.54. The molecule has 0 radical (unpaired) electrons. The van der Waals surface area contributed by atoms with E-state index in [0.717, 1.165) is 49.8 Å². The van der Waals surface area contributed by atoms with Crippen molar-refractivity contribution in [2.24, 2.45) is 0 Å². The first-order chi connectivity index (χ1) is 17.3. The minimum atomic E-state index is -0.901. The number of rotatable bonds is 5. The Morgan fingerprint density at radius 1 is 0.629 bits per heavy atom. The summed E-state index contributed by atoms with van der Waals surface area (Å²) in [5.41, 5.74) is 5.96. The van der Waals surface area contributed by atoms with Crippen LogP contribution in [0.2, 0.25) is 0 Å². The summed E-state index contributed by atoms with van der Waals surface area (Å²) in [6.45, 7) is 0. The number of benzene rings is 5. The van der Waals surface area contributed by atoms with Gasteiger partial charge in [0.15, 0.2) is 0 Å². The van der Waals surface area contributed by atoms with Gasteiger partial charge in [-0.1, -0.05) is 120 Å². The molecule has 35 heavy (non-hydrogen) atoms. The Labute approximate surface area is 203 Å². The second kappa shape index (κ2) is 9.01. The first kappa shape index (κ1) is 21.0. The molecule has 6 aromatic rings. The summed E-state index contributed by atoms with van der Waals surface area (Å²) in [5.74, 6) is 0. The molecular formula is C31H23N3O. The van der Waals surface area contributed by atoms with Crippen molar-refractivity contribution in [1.29, 1.82) is 0 Å². The molecule has 0 aliphatic carbocycles. The van der Waals surface area contributed by atoms with Crippen LogP contribution < -0.4 is 0 Å². The summed E-state index contributed by atoms with van der Waals surface area (Å²) in [4.78, 5) is 0. The summed E-state index contributed by atoms with van der Waals surface area (Å²) in [7, 11) is 0. The third kappa shape index (κ3) is 3.80. The van der Waals surface area contributed by atoms with E-state index in [1.165, 1.54) is 0 Å². The average molecular weight is 454 g/mol. The van der Waals surface area contributed by atoms with Crippen molar-refractivity contribution in [3.05, 3.63) is 144 Å². The van der Waals surface area contributed by atoms with Crippen LogP contribution in [0.5, 0.6) is 0 Å². The smallest absolute Gasteiger partial charge is 0.113 e. The monoisotopic (exact) mass is 453 g/mol. The summed E-state index contributed by atoms with van der Waals surface area (Å²) >= 11 is 0. The SMILES string of the molecule is OC(/C(=C(/c1ccccc1)n1nnc2ccccc21)c1ccccc1)c1cccc2ccccc12. The van der Waals surface area contributed by atoms with Crippen molar-refractivity contribution in [3.63, 3.8) is 0 Å². The van der Waals surface area contributed by atoms with Crippen LogP contribution in [0, 0.1) is 0 Å². The van der Waals surface area contributed by atoms with Crippen LogP contribution >= 0.6 is 0 Å². The molecule has 1 unspecified atom stereocenters. The second-order valence-corrected chi connectivity index (χ2v) is 8.46. The number of para-hydroxylation sites is 1. The molecule has 0 fully saturated rings. The van der Waals surface area contributed by atoms with Crippen molar-refractivity contribution >= 4 is 33.1 Å². The maximum absolute atomic E-state index is 12.1. The van der Waals surface area contributed by atoms with E-state index < -0.39 is 6.10 Å². The highest BCUT2D eigenvalue weighted by atomic mass is 16.3. The molecule has 0 aliphatic rings. The van der Waals surface area contributed by atoms with Gasteiger partial charge in [-0.3, -0.25) is 0 Å². The Balaban J connectivity index is 1.72. The minimum absolute atomic E-state index is 0.767. The number of aromatic nitrogens is 3. The van der Waals surface area contributed by atoms with E-state index in [0.29, 0.717) is 0 Å². The number of hydrogen-bond donors (Lipinski definition) is 1. The fourth-order valence-corrected chi connectivity index (χ4v) is 4.71. The number of fused-ring (bicyclic) bond motifs is 2. The lowest BCUT2D eigenvalue weighted by Gasteiger charge is -2.23. The third-order valence-electron chi connectivity index (χ3n) is 6.34. The maximum Gasteiger partial charge on any atom is 0.113 e. The first-order valence-corrected chi connectivity index (χ1v) is 11.6. The molecule has 6 rings (SSSR count). The highest BCUT2D eigenvalue weighted by Gasteiger charge is 2.25. The molecule has 0 saturated heterocycles. The molecule has 0 bridgehead atoms. The normalized spacial score (nSPS) is 13.1. The zero-order valence-electron chi connectivity index (χ0n) is 19.0. The van der Waals surface area contributed by atoms with Crippen molar-refractivity contribution in [3.8, 4) is 0 Å². The molecule has 168 valence electrons. The maximum atomic E-state index is 12.1. The van der Waals surface area contributed by atoms with E-state index >= 15 is 0 Å². The van der Waals surface area contributed by atoms with Crippen LogP contribution in [0.25, 0.3) is 33.1 Å². The third-order valence-corrected chi connectivity index (χ3v) is 6.34. The van der Waals surface area contributed by atoms with Gasteiger partial charge in [0, 0.05) is 11.1 Å². The lowest BCUT2D eigenvalue weighted by Crippen LogP contribution is -2.11. The lowest BCUT2D eigenvalue weighted by molar-refractivity contribution is 0.240. The fraction of sp³-hybridized carbons (Fsp3) is 0.0323. The van der Waals surface area contributed by atoms with Gasteiger partial charge in [-0.15, -0.1) is 5.10 Å². The number of aliphatic hydroxyl groups is 1. The Bertz CT molecular complexity index is 1650. The largest absolute Gasteiger partial charge is 0.384 e. The van der Waals surface area contributed by atoms with Crippen LogP contribution in [0.4, 0.5) is 0 Å². The van der Waals surface area contributed by atoms with Gasteiger partial charge < -0.3 is 5.11 Å². The molecule has 0 aliphatic heterocycles. The lowest BCUT2D eigenvalue weighted by atomic mass is 9.89. The molecule has 4 heteroatoms. The number of aliphatic hydroxyl groups excluding tert-OH is 1. The average Bonchev–Trinajstić information content (AvgIpc) is 3.36. The van der Waals surface area contributed by atoms with Crippen LogP contribution in [0.15, 0.2) is 127 Å². The van der Waals surface area contributed by atoms with Crippen molar-refractivity contribution in [1.82, 2.24) is 15.0 Å². The number of hydrogen-bond acceptors (Lipinski definition) is 3. The van der Waals surface area contributed by atoms with Gasteiger partial charge in [0.2, 0.25) is 0 Å². The van der Waals surface area contributed by atoms with Gasteiger partial charge in [-0.05, 0) is 34.0 Å². The van der Waals surface area contributed by atoms with E-state index in [2.05, 4.69) is 28.5 Å². The van der Waals surface area contributed by atoms with E-state index in [4.69, 9.17) is 0 Å². The molecule has 0 saturated carbocycles. The first-order valence-electron chi connectivity index (χ1n) is 11.6. The summed E-state index contributed by atoms with van der Waals surface area (Å²) in [6, 6.07) is 42.2. The van der Waals surface area contributed by atoms with E-state index in [9.17, 15) is 5.11 Å². The van der Waals surface area contributed by atoms with Crippen LogP contribution in [0.3, 0.4) is 0 Å². The quantitative estimate of drug-likeness (QED) is 0.294. The Morgan fingerprint density at radius 2 is 1.26 bits per heavy atom. The molecule has 5 aromatic carbocycles. The van der Waals surface area contributed by atoms with Crippen molar-refractivity contribution in [2.45, 2.75) is 6.10 Å². The number of nitrogens with zero attached hydrogens (tertiary/aromatic N) is 3. The van der Waals surface area contributed by atoms with E-state index in [-0.39, 0.29) is 0 Å². The summed E-state index contributed by atoms with van der Waals surface area (Å²) in [5, 5.41) is 23.2. The second-order valence-electron chi connectivity index (χ2n) is 8.46. The molecule has 1 heterocycles. The highest BCUT2D eigenvalue weighted by Crippen LogP contribution is 2.40. The highest BCUT2D eigenvalue weighted by molar-refractivity contribution is 5.98. The summed E-state index contributed by atoms with van der Waals surface area (Å²) < 4.78 is 1.85. The predicted molar refractivity (Wildman–Crippen MR) is 142 cm³/mol. The van der Waals surface area contributed by atoms with Crippen LogP contribution in [0.1, 0.15) is 22.8 Å². The van der Waals surface area contributed by atoms with Crippen molar-refractivity contribution < 1.29 is 5.11 Å². The van der Waals surface area contributed by atoms with Gasteiger partial charge in [0.05, 0.1) is 11.2 Å². The van der Waals surface area contributed by atoms with Crippen molar-refractivity contribution in [2.75, 3.05) is 0 Å². The summed E-state index contributed by atoms with van der Waals surface area (Å²) in [6.07, 6.45) is -0.901. The molecule has 0 amide bonds. The molecule has 0 spiro atoms. The molecule has 4 nitrogen and oxygen atoms in total. The molecule has 1 atom stereocenters. The fourth-order valence-electron chi connectivity index (χ4n) is 4.71. The molecule has 1 N–H and O–H groups in total. The standard InChI is InChI=1S/C31H23N3O/c35-31(26-19-11-17-22-12-7-8-18-25(22)26)29(23-13-3-1-4-14-23)30(24-15-5-2-6-16-24)34-28-21-10-9-20-27(28)32-33-34/h1-21,31,35H/b30-29-. The minimum Gasteiger partial charge on any atom is -0.384 e. The van der Waals surface area contributed by atoms with Gasteiger partial charge in [-0.2, -0.15) is 0 Å². The molecule has 1 aromatic heterocycles. The van der Waals surface area contributed by atoms with Gasteiger partial charge >= 0.3 is 0 Å². The Kier molecular flexibility index (Phi) is 5.41. The topological polar surface area (TPSA) is 50.9 Å². The van der Waals surface area contributed by atoms with Gasteiger partial charge in [-0.25, -0.2) is 4.68 Å². The van der Waals surface area contributed by atoms with Crippen LogP contribution in [-0.4, -0.2) is 20.1 Å². The predicted octanol–water partition coefficient (Wildman–Crippen LogP) is 6.73. The van der Waals surface area contributed by atoms with Gasteiger partial charge in [0.1, 0.15) is 11.6 Å².